The molecule has 2 rings (SSSR count). The van der Waals surface area contributed by atoms with Crippen LogP contribution in [0, 0.1) is 0 Å². The third-order valence-corrected chi connectivity index (χ3v) is 3.27. The molecule has 1 aromatic rings. The van der Waals surface area contributed by atoms with Gasteiger partial charge < -0.3 is 9.64 Å². The molecule has 0 aliphatic carbocycles. The minimum absolute atomic E-state index is 0.263. The van der Waals surface area contributed by atoms with Crippen molar-refractivity contribution in [2.24, 2.45) is 0 Å². The van der Waals surface area contributed by atoms with Gasteiger partial charge in [0.25, 0.3) is 5.91 Å². The van der Waals surface area contributed by atoms with Crippen molar-refractivity contribution < 1.29 is 14.3 Å². The maximum absolute atomic E-state index is 11.6. The van der Waals surface area contributed by atoms with Crippen LogP contribution in [0.15, 0.2) is 30.3 Å². The summed E-state index contributed by atoms with van der Waals surface area (Å²) >= 11 is 0. The third-order valence-electron chi connectivity index (χ3n) is 3.27. The Morgan fingerprint density at radius 2 is 1.89 bits per heavy atom. The minimum atomic E-state index is -0.798. The molecular weight excluding hydrogens is 244 g/mol. The summed E-state index contributed by atoms with van der Waals surface area (Å²) < 4.78 is 5.53. The van der Waals surface area contributed by atoms with Gasteiger partial charge in [-0.3, -0.25) is 10.1 Å². The monoisotopic (exact) mass is 262 g/mol. The van der Waals surface area contributed by atoms with Crippen molar-refractivity contribution >= 4 is 11.9 Å². The van der Waals surface area contributed by atoms with Crippen molar-refractivity contribution in [2.45, 2.75) is 26.0 Å². The summed E-state index contributed by atoms with van der Waals surface area (Å²) in [5.74, 6) is -0.263. The largest absolute Gasteiger partial charge is 0.375 e. The van der Waals surface area contributed by atoms with E-state index in [1.165, 1.54) is 4.90 Å². The lowest BCUT2D eigenvalue weighted by atomic mass is 10.1. The normalized spacial score (nSPS) is 17.7. The van der Waals surface area contributed by atoms with Crippen LogP contribution in [0.25, 0.3) is 0 Å². The first-order chi connectivity index (χ1) is 9.01. The van der Waals surface area contributed by atoms with Crippen LogP contribution in [0.1, 0.15) is 19.4 Å². The number of carbonyl (C=O) groups excluding carboxylic acids is 2. The van der Waals surface area contributed by atoms with E-state index in [2.05, 4.69) is 5.32 Å². The number of amides is 3. The number of hydrogen-bond donors (Lipinski definition) is 1. The van der Waals surface area contributed by atoms with Crippen molar-refractivity contribution in [1.82, 2.24) is 10.2 Å². The number of nitrogens with zero attached hydrogens (tertiary/aromatic N) is 1. The van der Waals surface area contributed by atoms with E-state index in [0.717, 1.165) is 5.56 Å². The van der Waals surface area contributed by atoms with Crippen molar-refractivity contribution in [2.75, 3.05) is 13.2 Å². The summed E-state index contributed by atoms with van der Waals surface area (Å²) in [6.45, 7) is 4.76. The first-order valence-electron chi connectivity index (χ1n) is 6.26. The molecule has 3 amide bonds. The highest BCUT2D eigenvalue weighted by Crippen LogP contribution is 2.20. The van der Waals surface area contributed by atoms with E-state index in [9.17, 15) is 9.59 Å². The quantitative estimate of drug-likeness (QED) is 0.646. The molecule has 0 bridgehead atoms. The zero-order valence-electron chi connectivity index (χ0n) is 11.2. The van der Waals surface area contributed by atoms with Crippen LogP contribution in [-0.2, 0) is 16.1 Å². The van der Waals surface area contributed by atoms with Gasteiger partial charge in [0.15, 0.2) is 0 Å². The number of imide groups is 1. The number of rotatable bonds is 5. The molecular formula is C14H18N2O3. The molecule has 1 N–H and O–H groups in total. The predicted molar refractivity (Wildman–Crippen MR) is 70.4 cm³/mol. The van der Waals surface area contributed by atoms with Crippen LogP contribution in [0.4, 0.5) is 4.79 Å². The maximum Gasteiger partial charge on any atom is 0.325 e. The summed E-state index contributed by atoms with van der Waals surface area (Å²) in [6, 6.07) is 9.47. The smallest absolute Gasteiger partial charge is 0.325 e. The van der Waals surface area contributed by atoms with Gasteiger partial charge in [0, 0.05) is 6.54 Å². The summed E-state index contributed by atoms with van der Waals surface area (Å²) in [6.07, 6.45) is 0. The Morgan fingerprint density at radius 3 is 2.47 bits per heavy atom. The van der Waals surface area contributed by atoms with Gasteiger partial charge in [0.1, 0.15) is 5.54 Å². The Morgan fingerprint density at radius 1 is 1.21 bits per heavy atom. The van der Waals surface area contributed by atoms with E-state index in [4.69, 9.17) is 4.74 Å². The molecule has 0 unspecified atom stereocenters. The Balaban J connectivity index is 1.80. The average Bonchev–Trinajstić information content (AvgIpc) is 2.57. The second-order valence-electron chi connectivity index (χ2n) is 5.01. The molecule has 0 spiro atoms. The van der Waals surface area contributed by atoms with Gasteiger partial charge in [-0.15, -0.1) is 0 Å². The second kappa shape index (κ2) is 5.40. The number of hydrogen-bond acceptors (Lipinski definition) is 3. The molecule has 0 aromatic heterocycles. The molecule has 1 aliphatic rings. The summed E-state index contributed by atoms with van der Waals surface area (Å²) in [5, 5.41) is 2.31. The molecule has 0 radical (unpaired) electrons. The molecule has 5 nitrogen and oxygen atoms in total. The maximum atomic E-state index is 11.6. The molecule has 1 aliphatic heterocycles. The number of benzene rings is 1. The summed E-state index contributed by atoms with van der Waals surface area (Å²) in [7, 11) is 0. The lowest BCUT2D eigenvalue weighted by Crippen LogP contribution is -2.45. The minimum Gasteiger partial charge on any atom is -0.375 e. The van der Waals surface area contributed by atoms with Crippen LogP contribution in [0.5, 0.6) is 0 Å². The first-order valence-corrected chi connectivity index (χ1v) is 6.26. The Labute approximate surface area is 112 Å². The van der Waals surface area contributed by atoms with Crippen molar-refractivity contribution in [3.05, 3.63) is 35.9 Å². The second-order valence-corrected chi connectivity index (χ2v) is 5.01. The van der Waals surface area contributed by atoms with Crippen molar-refractivity contribution in [3.8, 4) is 0 Å². The van der Waals surface area contributed by atoms with E-state index in [0.29, 0.717) is 19.8 Å². The van der Waals surface area contributed by atoms with E-state index < -0.39 is 5.54 Å². The molecule has 1 aromatic carbocycles. The van der Waals surface area contributed by atoms with Gasteiger partial charge in [-0.1, -0.05) is 30.3 Å². The van der Waals surface area contributed by atoms with E-state index in [-0.39, 0.29) is 11.9 Å². The molecule has 1 fully saturated rings. The van der Waals surface area contributed by atoms with Crippen LogP contribution in [0.2, 0.25) is 0 Å². The number of nitrogens with one attached hydrogen (secondary N) is 1. The standard InChI is InChI=1S/C14H18N2O3/c1-14(2)12(17)15-13(18)16(14)8-9-19-10-11-6-4-3-5-7-11/h3-7H,8-10H2,1-2H3,(H,15,17,18). The first kappa shape index (κ1) is 13.5. The van der Waals surface area contributed by atoms with Crippen LogP contribution >= 0.6 is 0 Å². The van der Waals surface area contributed by atoms with Crippen LogP contribution < -0.4 is 5.32 Å². The van der Waals surface area contributed by atoms with Gasteiger partial charge in [-0.05, 0) is 19.4 Å². The van der Waals surface area contributed by atoms with Gasteiger partial charge >= 0.3 is 6.03 Å². The lowest BCUT2D eigenvalue weighted by Gasteiger charge is -2.27. The SMILES string of the molecule is CC1(C)C(=O)NC(=O)N1CCOCc1ccccc1. The molecule has 0 atom stereocenters. The fraction of sp³-hybridized carbons (Fsp3) is 0.429. The molecule has 19 heavy (non-hydrogen) atoms. The van der Waals surface area contributed by atoms with Gasteiger partial charge in [0.05, 0.1) is 13.2 Å². The Kier molecular flexibility index (Phi) is 3.85. The Bertz CT molecular complexity index is 471. The highest BCUT2D eigenvalue weighted by molar-refractivity contribution is 6.06. The van der Waals surface area contributed by atoms with E-state index >= 15 is 0 Å². The third kappa shape index (κ3) is 2.93. The zero-order chi connectivity index (χ0) is 13.9. The zero-order valence-corrected chi connectivity index (χ0v) is 11.2. The number of carbonyl (C=O) groups is 2. The molecule has 0 saturated carbocycles. The van der Waals surface area contributed by atoms with Crippen LogP contribution in [-0.4, -0.2) is 35.5 Å². The fourth-order valence-electron chi connectivity index (χ4n) is 2.00. The molecule has 102 valence electrons. The van der Waals surface area contributed by atoms with E-state index in [1.807, 2.05) is 30.3 Å². The van der Waals surface area contributed by atoms with Gasteiger partial charge in [0.2, 0.25) is 0 Å². The molecule has 1 heterocycles. The fourth-order valence-corrected chi connectivity index (χ4v) is 2.00. The highest BCUT2D eigenvalue weighted by atomic mass is 16.5. The van der Waals surface area contributed by atoms with Crippen LogP contribution in [0.3, 0.4) is 0 Å². The summed E-state index contributed by atoms with van der Waals surface area (Å²) in [5.41, 5.74) is 0.288. The van der Waals surface area contributed by atoms with E-state index in [1.54, 1.807) is 13.8 Å². The molecule has 1 saturated heterocycles. The highest BCUT2D eigenvalue weighted by Gasteiger charge is 2.44. The average molecular weight is 262 g/mol. The van der Waals surface area contributed by atoms with Gasteiger partial charge in [-0.25, -0.2) is 4.79 Å². The lowest BCUT2D eigenvalue weighted by molar-refractivity contribution is -0.125. The Hall–Kier alpha value is -1.88. The van der Waals surface area contributed by atoms with Crippen molar-refractivity contribution in [1.29, 1.82) is 0 Å². The summed E-state index contributed by atoms with van der Waals surface area (Å²) in [4.78, 5) is 24.7. The van der Waals surface area contributed by atoms with Gasteiger partial charge in [-0.2, -0.15) is 0 Å². The topological polar surface area (TPSA) is 58.6 Å². The number of urea groups is 1. The predicted octanol–water partition coefficient (Wildman–Crippen LogP) is 1.53. The molecule has 5 heteroatoms. The number of ether oxygens (including phenoxy) is 1. The van der Waals surface area contributed by atoms with Crippen molar-refractivity contribution in [3.63, 3.8) is 0 Å².